The number of hydrogen-bond acceptors (Lipinski definition) is 6. The lowest BCUT2D eigenvalue weighted by Crippen LogP contribution is -2.35. The number of anilines is 1. The molecule has 0 radical (unpaired) electrons. The van der Waals surface area contributed by atoms with Crippen molar-refractivity contribution in [1.82, 2.24) is 14.9 Å². The summed E-state index contributed by atoms with van der Waals surface area (Å²) < 4.78 is 5.58. The number of aromatic nitrogens is 2. The van der Waals surface area contributed by atoms with Crippen LogP contribution in [0, 0.1) is 0 Å². The molecule has 0 atom stereocenters. The highest BCUT2D eigenvalue weighted by molar-refractivity contribution is 5.80. The molecule has 1 aliphatic rings. The number of H-pyrrole nitrogens is 1. The van der Waals surface area contributed by atoms with Gasteiger partial charge in [0.2, 0.25) is 5.95 Å². The van der Waals surface area contributed by atoms with Crippen molar-refractivity contribution in [3.63, 3.8) is 0 Å². The van der Waals surface area contributed by atoms with Gasteiger partial charge in [0.1, 0.15) is 5.75 Å². The van der Waals surface area contributed by atoms with Crippen molar-refractivity contribution in [3.05, 3.63) is 87.3 Å². The molecule has 0 saturated heterocycles. The largest absolute Gasteiger partial charge is 0.494 e. The Morgan fingerprint density at radius 3 is 2.77 bits per heavy atom. The third-order valence-corrected chi connectivity index (χ3v) is 5.13. The third-order valence-electron chi connectivity index (χ3n) is 5.13. The highest BCUT2D eigenvalue weighted by Crippen LogP contribution is 2.17. The van der Waals surface area contributed by atoms with Crippen LogP contribution in [-0.4, -0.2) is 34.2 Å². The summed E-state index contributed by atoms with van der Waals surface area (Å²) in [6.45, 7) is 5.07. The van der Waals surface area contributed by atoms with Crippen LogP contribution in [0.25, 0.3) is 0 Å². The number of ether oxygens (including phenoxy) is 1. The predicted octanol–water partition coefficient (Wildman–Crippen LogP) is 3.56. The molecule has 2 heterocycles. The fraction of sp³-hybridized carbons (Fsp3) is 0.292. The van der Waals surface area contributed by atoms with Crippen LogP contribution in [-0.2, 0) is 19.5 Å². The summed E-state index contributed by atoms with van der Waals surface area (Å²) >= 11 is 0. The number of nitrogens with zero attached hydrogens (tertiary/aromatic N) is 3. The number of fused-ring (bicyclic) bond motifs is 1. The lowest BCUT2D eigenvalue weighted by molar-refractivity contribution is 0.242. The fourth-order valence-corrected chi connectivity index (χ4v) is 3.55. The molecule has 0 unspecified atom stereocenters. The van der Waals surface area contributed by atoms with Crippen LogP contribution in [0.1, 0.15) is 35.7 Å². The molecule has 0 saturated carbocycles. The van der Waals surface area contributed by atoms with Gasteiger partial charge in [-0.3, -0.25) is 14.7 Å². The summed E-state index contributed by atoms with van der Waals surface area (Å²) in [5.41, 5.74) is 6.47. The highest BCUT2D eigenvalue weighted by atomic mass is 16.5. The van der Waals surface area contributed by atoms with Gasteiger partial charge in [-0.05, 0) is 41.8 Å². The van der Waals surface area contributed by atoms with Gasteiger partial charge in [0, 0.05) is 26.1 Å². The number of hydrazone groups is 1. The van der Waals surface area contributed by atoms with Gasteiger partial charge in [-0.2, -0.15) is 5.10 Å². The topological polar surface area (TPSA) is 82.6 Å². The van der Waals surface area contributed by atoms with Gasteiger partial charge in [-0.1, -0.05) is 37.3 Å². The number of benzene rings is 2. The smallest absolute Gasteiger partial charge is 0.257 e. The van der Waals surface area contributed by atoms with E-state index in [1.54, 1.807) is 6.21 Å². The van der Waals surface area contributed by atoms with E-state index < -0.39 is 0 Å². The SMILES string of the molecule is CCCOc1ccc(/C=N\Nc2nc3c(c(=O)[nH]2)CN(Cc2ccccc2)CC3)cc1. The molecule has 0 amide bonds. The number of rotatable bonds is 8. The molecule has 0 spiro atoms. The molecule has 2 N–H and O–H groups in total. The summed E-state index contributed by atoms with van der Waals surface area (Å²) in [7, 11) is 0. The van der Waals surface area contributed by atoms with Gasteiger partial charge in [0.15, 0.2) is 0 Å². The van der Waals surface area contributed by atoms with Crippen LogP contribution in [0.4, 0.5) is 5.95 Å². The predicted molar refractivity (Wildman–Crippen MR) is 123 cm³/mol. The zero-order chi connectivity index (χ0) is 21.5. The molecule has 3 aromatic rings. The number of nitrogens with one attached hydrogen (secondary N) is 2. The Bertz CT molecular complexity index is 1080. The van der Waals surface area contributed by atoms with E-state index in [9.17, 15) is 4.79 Å². The van der Waals surface area contributed by atoms with E-state index in [1.165, 1.54) is 5.56 Å². The normalized spacial score (nSPS) is 13.8. The van der Waals surface area contributed by atoms with E-state index in [0.717, 1.165) is 48.5 Å². The van der Waals surface area contributed by atoms with Crippen LogP contribution in [0.3, 0.4) is 0 Å². The van der Waals surface area contributed by atoms with Crippen molar-refractivity contribution in [2.45, 2.75) is 32.9 Å². The summed E-state index contributed by atoms with van der Waals surface area (Å²) in [5.74, 6) is 1.20. The van der Waals surface area contributed by atoms with Crippen molar-refractivity contribution in [2.75, 3.05) is 18.6 Å². The maximum atomic E-state index is 12.6. The van der Waals surface area contributed by atoms with Gasteiger partial charge in [0.25, 0.3) is 5.56 Å². The molecule has 31 heavy (non-hydrogen) atoms. The minimum absolute atomic E-state index is 0.113. The van der Waals surface area contributed by atoms with Gasteiger partial charge >= 0.3 is 0 Å². The Morgan fingerprint density at radius 1 is 1.19 bits per heavy atom. The van der Waals surface area contributed by atoms with E-state index in [2.05, 4.69) is 44.5 Å². The molecule has 160 valence electrons. The molecular formula is C24H27N5O2. The van der Waals surface area contributed by atoms with Crippen LogP contribution in [0.2, 0.25) is 0 Å². The van der Waals surface area contributed by atoms with Gasteiger partial charge in [0.05, 0.1) is 24.1 Å². The number of hydrogen-bond donors (Lipinski definition) is 2. The fourth-order valence-electron chi connectivity index (χ4n) is 3.55. The van der Waals surface area contributed by atoms with Crippen LogP contribution < -0.4 is 15.7 Å². The molecule has 0 aliphatic carbocycles. The molecule has 1 aliphatic heterocycles. The first-order valence-corrected chi connectivity index (χ1v) is 10.6. The first kappa shape index (κ1) is 20.8. The molecule has 2 aromatic carbocycles. The molecule has 7 heteroatoms. The van der Waals surface area contributed by atoms with Crippen LogP contribution in [0.5, 0.6) is 5.75 Å². The number of aromatic amines is 1. The van der Waals surface area contributed by atoms with Gasteiger partial charge < -0.3 is 4.74 Å². The average Bonchev–Trinajstić information content (AvgIpc) is 2.80. The maximum absolute atomic E-state index is 12.6. The lowest BCUT2D eigenvalue weighted by atomic mass is 10.1. The second kappa shape index (κ2) is 10.0. The van der Waals surface area contributed by atoms with Crippen molar-refractivity contribution in [2.24, 2.45) is 5.10 Å². The van der Waals surface area contributed by atoms with Gasteiger partial charge in [-0.15, -0.1) is 0 Å². The molecule has 7 nitrogen and oxygen atoms in total. The Kier molecular flexibility index (Phi) is 6.74. The first-order chi connectivity index (χ1) is 15.2. The minimum Gasteiger partial charge on any atom is -0.494 e. The molecular weight excluding hydrogens is 390 g/mol. The van der Waals surface area contributed by atoms with E-state index in [4.69, 9.17) is 4.74 Å². The van der Waals surface area contributed by atoms with E-state index in [-0.39, 0.29) is 5.56 Å². The highest BCUT2D eigenvalue weighted by Gasteiger charge is 2.21. The maximum Gasteiger partial charge on any atom is 0.257 e. The summed E-state index contributed by atoms with van der Waals surface area (Å²) in [6, 6.07) is 18.0. The van der Waals surface area contributed by atoms with Gasteiger partial charge in [-0.25, -0.2) is 10.4 Å². The van der Waals surface area contributed by atoms with Crippen molar-refractivity contribution < 1.29 is 4.74 Å². The van der Waals surface area contributed by atoms with Crippen molar-refractivity contribution in [3.8, 4) is 5.75 Å². The monoisotopic (exact) mass is 417 g/mol. The minimum atomic E-state index is -0.113. The Balaban J connectivity index is 1.37. The Labute approximate surface area is 181 Å². The lowest BCUT2D eigenvalue weighted by Gasteiger charge is -2.27. The molecule has 0 fully saturated rings. The second-order valence-corrected chi connectivity index (χ2v) is 7.57. The molecule has 0 bridgehead atoms. The first-order valence-electron chi connectivity index (χ1n) is 10.6. The Morgan fingerprint density at radius 2 is 2.00 bits per heavy atom. The molecule has 1 aromatic heterocycles. The average molecular weight is 418 g/mol. The zero-order valence-electron chi connectivity index (χ0n) is 17.7. The van der Waals surface area contributed by atoms with E-state index in [1.807, 2.05) is 42.5 Å². The van der Waals surface area contributed by atoms with Crippen molar-refractivity contribution in [1.29, 1.82) is 0 Å². The third kappa shape index (κ3) is 5.58. The van der Waals surface area contributed by atoms with E-state index in [0.29, 0.717) is 19.1 Å². The van der Waals surface area contributed by atoms with E-state index >= 15 is 0 Å². The van der Waals surface area contributed by atoms with Crippen LogP contribution in [0.15, 0.2) is 64.5 Å². The second-order valence-electron chi connectivity index (χ2n) is 7.57. The summed E-state index contributed by atoms with van der Waals surface area (Å²) in [5, 5.41) is 4.21. The van der Waals surface area contributed by atoms with Crippen molar-refractivity contribution >= 4 is 12.2 Å². The summed E-state index contributed by atoms with van der Waals surface area (Å²) in [6.07, 6.45) is 3.40. The van der Waals surface area contributed by atoms with Crippen LogP contribution >= 0.6 is 0 Å². The Hall–Kier alpha value is -3.45. The molecule has 4 rings (SSSR count). The zero-order valence-corrected chi connectivity index (χ0v) is 17.7. The summed E-state index contributed by atoms with van der Waals surface area (Å²) in [4.78, 5) is 22.3. The quantitative estimate of drug-likeness (QED) is 0.433. The standard InChI is InChI=1S/C24H27N5O2/c1-2-14-31-20-10-8-18(9-11-20)15-25-28-24-26-22-12-13-29(17-21(22)23(30)27-24)16-19-6-4-3-5-7-19/h3-11,15H,2,12-14,16-17H2,1H3,(H2,26,27,28,30)/b25-15-.